The van der Waals surface area contributed by atoms with Crippen LogP contribution in [0, 0.1) is 3.57 Å². The molecule has 0 radical (unpaired) electrons. The van der Waals surface area contributed by atoms with Crippen LogP contribution in [0.15, 0.2) is 60.7 Å². The van der Waals surface area contributed by atoms with Crippen molar-refractivity contribution in [2.75, 3.05) is 7.05 Å². The van der Waals surface area contributed by atoms with Crippen molar-refractivity contribution in [3.05, 3.63) is 80.4 Å². The van der Waals surface area contributed by atoms with E-state index in [0.717, 1.165) is 10.4 Å². The van der Waals surface area contributed by atoms with E-state index in [0.29, 0.717) is 0 Å². The van der Waals surface area contributed by atoms with Gasteiger partial charge >= 0.3 is 0 Å². The Kier molecular flexibility index (Phi) is 4.48. The van der Waals surface area contributed by atoms with E-state index in [9.17, 15) is 0 Å². The monoisotopic (exact) mass is 407 g/mol. The smallest absolute Gasteiger partial charge is 0.0580 e. The second-order valence-electron chi connectivity index (χ2n) is 4.96. The van der Waals surface area contributed by atoms with Crippen molar-refractivity contribution in [2.45, 2.75) is 6.04 Å². The molecule has 1 nitrogen and oxygen atoms in total. The third-order valence-electron chi connectivity index (χ3n) is 3.69. The molecule has 0 heterocycles. The number of rotatable bonds is 3. The first-order chi connectivity index (χ1) is 10.2. The molecule has 1 N–H and O–H groups in total. The number of halogens is 2. The number of hydrogen-bond donors (Lipinski definition) is 1. The molecule has 0 saturated heterocycles. The number of hydrogen-bond acceptors (Lipinski definition) is 1. The van der Waals surface area contributed by atoms with E-state index in [-0.39, 0.29) is 6.04 Å². The lowest BCUT2D eigenvalue weighted by Crippen LogP contribution is -2.18. The van der Waals surface area contributed by atoms with Crippen LogP contribution in [0.1, 0.15) is 17.2 Å². The molecule has 0 aromatic heterocycles. The van der Waals surface area contributed by atoms with Crippen molar-refractivity contribution in [1.82, 2.24) is 5.32 Å². The maximum atomic E-state index is 6.33. The molecule has 0 saturated carbocycles. The largest absolute Gasteiger partial charge is 0.309 e. The third kappa shape index (κ3) is 2.93. The van der Waals surface area contributed by atoms with Gasteiger partial charge in [-0.2, -0.15) is 0 Å². The van der Waals surface area contributed by atoms with Crippen LogP contribution in [0.3, 0.4) is 0 Å². The maximum absolute atomic E-state index is 6.33. The van der Waals surface area contributed by atoms with Crippen molar-refractivity contribution in [3.63, 3.8) is 0 Å². The van der Waals surface area contributed by atoms with Gasteiger partial charge in [-0.15, -0.1) is 0 Å². The van der Waals surface area contributed by atoms with Crippen LogP contribution in [0.5, 0.6) is 0 Å². The second-order valence-corrected chi connectivity index (χ2v) is 6.61. The van der Waals surface area contributed by atoms with E-state index >= 15 is 0 Å². The lowest BCUT2D eigenvalue weighted by Gasteiger charge is -2.20. The van der Waals surface area contributed by atoms with Gasteiger partial charge in [-0.05, 0) is 64.4 Å². The summed E-state index contributed by atoms with van der Waals surface area (Å²) in [5.74, 6) is 0. The molecule has 3 aromatic rings. The van der Waals surface area contributed by atoms with Gasteiger partial charge in [0, 0.05) is 14.0 Å². The molecule has 3 aromatic carbocycles. The fourth-order valence-corrected chi connectivity index (χ4v) is 3.52. The van der Waals surface area contributed by atoms with Gasteiger partial charge < -0.3 is 5.32 Å². The Bertz CT molecular complexity index is 785. The molecule has 3 rings (SSSR count). The van der Waals surface area contributed by atoms with E-state index in [1.165, 1.54) is 20.1 Å². The Hall–Kier alpha value is -1.10. The summed E-state index contributed by atoms with van der Waals surface area (Å²) >= 11 is 8.68. The molecule has 0 fully saturated rings. The fourth-order valence-electron chi connectivity index (χ4n) is 2.73. The van der Waals surface area contributed by atoms with Gasteiger partial charge in [-0.25, -0.2) is 0 Å². The summed E-state index contributed by atoms with van der Waals surface area (Å²) in [5, 5.41) is 6.52. The Morgan fingerprint density at radius 2 is 1.71 bits per heavy atom. The van der Waals surface area contributed by atoms with E-state index in [4.69, 9.17) is 11.6 Å². The molecule has 1 atom stereocenters. The first-order valence-electron chi connectivity index (χ1n) is 6.80. The van der Waals surface area contributed by atoms with Crippen molar-refractivity contribution in [3.8, 4) is 0 Å². The van der Waals surface area contributed by atoms with Gasteiger partial charge in [0.15, 0.2) is 0 Å². The van der Waals surface area contributed by atoms with Gasteiger partial charge in [-0.3, -0.25) is 0 Å². The van der Waals surface area contributed by atoms with Crippen molar-refractivity contribution < 1.29 is 0 Å². The topological polar surface area (TPSA) is 12.0 Å². The minimum atomic E-state index is 0.155. The molecular formula is C18H15ClIN. The molecule has 21 heavy (non-hydrogen) atoms. The highest BCUT2D eigenvalue weighted by Crippen LogP contribution is 2.33. The van der Waals surface area contributed by atoms with Crippen LogP contribution in [-0.4, -0.2) is 7.05 Å². The molecule has 0 spiro atoms. The summed E-state index contributed by atoms with van der Waals surface area (Å²) in [4.78, 5) is 0. The summed E-state index contributed by atoms with van der Waals surface area (Å²) in [6.07, 6.45) is 0. The molecule has 0 aliphatic carbocycles. The van der Waals surface area contributed by atoms with Crippen molar-refractivity contribution in [1.29, 1.82) is 0 Å². The quantitative estimate of drug-likeness (QED) is 0.573. The molecule has 106 valence electrons. The highest BCUT2D eigenvalue weighted by Gasteiger charge is 2.15. The summed E-state index contributed by atoms with van der Waals surface area (Å²) in [6, 6.07) is 21.1. The zero-order valence-corrected chi connectivity index (χ0v) is 14.5. The Balaban J connectivity index is 2.20. The molecule has 1 unspecified atom stereocenters. The zero-order chi connectivity index (χ0) is 14.8. The maximum Gasteiger partial charge on any atom is 0.0580 e. The SMILES string of the molecule is CNC(c1cccc(I)c1)c1ccc(Cl)c2ccccc12. The Morgan fingerprint density at radius 3 is 2.43 bits per heavy atom. The minimum absolute atomic E-state index is 0.155. The van der Waals surface area contributed by atoms with Crippen molar-refractivity contribution >= 4 is 45.0 Å². The van der Waals surface area contributed by atoms with Gasteiger partial charge in [0.1, 0.15) is 0 Å². The number of benzene rings is 3. The molecule has 3 heteroatoms. The summed E-state index contributed by atoms with van der Waals surface area (Å²) in [7, 11) is 1.99. The summed E-state index contributed by atoms with van der Waals surface area (Å²) in [6.45, 7) is 0. The lowest BCUT2D eigenvalue weighted by atomic mass is 9.94. The Labute approximate surface area is 143 Å². The van der Waals surface area contributed by atoms with Gasteiger partial charge in [-0.1, -0.05) is 54.1 Å². The predicted octanol–water partition coefficient (Wildman–Crippen LogP) is 5.41. The van der Waals surface area contributed by atoms with Crippen LogP contribution in [0.4, 0.5) is 0 Å². The first-order valence-corrected chi connectivity index (χ1v) is 8.26. The molecule has 0 amide bonds. The third-order valence-corrected chi connectivity index (χ3v) is 4.69. The van der Waals surface area contributed by atoms with E-state index in [2.05, 4.69) is 76.4 Å². The standard InChI is InChI=1S/C18H15ClIN/c1-21-18(12-5-4-6-13(20)11-12)16-9-10-17(19)15-8-3-2-7-14(15)16/h2-11,18,21H,1H3. The minimum Gasteiger partial charge on any atom is -0.309 e. The average molecular weight is 408 g/mol. The molecule has 0 aliphatic rings. The molecule has 0 bridgehead atoms. The van der Waals surface area contributed by atoms with Gasteiger partial charge in [0.25, 0.3) is 0 Å². The van der Waals surface area contributed by atoms with E-state index < -0.39 is 0 Å². The predicted molar refractivity (Wildman–Crippen MR) is 99.0 cm³/mol. The normalized spacial score (nSPS) is 12.5. The van der Waals surface area contributed by atoms with Gasteiger partial charge in [0.05, 0.1) is 6.04 Å². The highest BCUT2D eigenvalue weighted by molar-refractivity contribution is 14.1. The number of nitrogens with one attached hydrogen (secondary N) is 1. The highest BCUT2D eigenvalue weighted by atomic mass is 127. The number of fused-ring (bicyclic) bond motifs is 1. The van der Waals surface area contributed by atoms with Crippen LogP contribution in [0.25, 0.3) is 10.8 Å². The van der Waals surface area contributed by atoms with Crippen LogP contribution >= 0.6 is 34.2 Å². The van der Waals surface area contributed by atoms with Crippen molar-refractivity contribution in [2.24, 2.45) is 0 Å². The fraction of sp³-hybridized carbons (Fsp3) is 0.111. The van der Waals surface area contributed by atoms with E-state index in [1.54, 1.807) is 0 Å². The van der Waals surface area contributed by atoms with Gasteiger partial charge in [0.2, 0.25) is 0 Å². The van der Waals surface area contributed by atoms with Crippen LogP contribution in [0.2, 0.25) is 5.02 Å². The van der Waals surface area contributed by atoms with Crippen LogP contribution < -0.4 is 5.32 Å². The lowest BCUT2D eigenvalue weighted by molar-refractivity contribution is 0.696. The Morgan fingerprint density at radius 1 is 0.952 bits per heavy atom. The van der Waals surface area contributed by atoms with Crippen LogP contribution in [-0.2, 0) is 0 Å². The summed E-state index contributed by atoms with van der Waals surface area (Å²) in [5.41, 5.74) is 2.51. The molecular weight excluding hydrogens is 393 g/mol. The molecule has 0 aliphatic heterocycles. The zero-order valence-electron chi connectivity index (χ0n) is 11.6. The summed E-state index contributed by atoms with van der Waals surface area (Å²) < 4.78 is 1.24. The van der Waals surface area contributed by atoms with E-state index in [1.807, 2.05) is 19.2 Å². The first kappa shape index (κ1) is 14.8. The second kappa shape index (κ2) is 6.34. The average Bonchev–Trinajstić information content (AvgIpc) is 2.51.